The van der Waals surface area contributed by atoms with Crippen molar-refractivity contribution in [3.05, 3.63) is 12.2 Å². The molecular formula is C31H58O6S. The van der Waals surface area contributed by atoms with Gasteiger partial charge in [-0.15, -0.1) is 0 Å². The molecule has 0 bridgehead atoms. The van der Waals surface area contributed by atoms with Crippen LogP contribution in [0.2, 0.25) is 0 Å². The molecule has 0 heterocycles. The first-order valence-electron chi connectivity index (χ1n) is 15.1. The Hall–Kier alpha value is -1.05. The van der Waals surface area contributed by atoms with Gasteiger partial charge in [-0.2, -0.15) is 11.8 Å². The Bertz CT molecular complexity index is 593. The van der Waals surface area contributed by atoms with E-state index in [2.05, 4.69) is 13.5 Å². The van der Waals surface area contributed by atoms with Gasteiger partial charge in [0.05, 0.1) is 18.6 Å². The summed E-state index contributed by atoms with van der Waals surface area (Å²) < 4.78 is 10.4. The molecule has 0 aliphatic heterocycles. The van der Waals surface area contributed by atoms with Gasteiger partial charge in [-0.05, 0) is 27.2 Å². The molecule has 0 rings (SSSR count). The molecule has 0 radical (unpaired) electrons. The van der Waals surface area contributed by atoms with Crippen LogP contribution in [0.3, 0.4) is 0 Å². The number of carbonyl (C=O) groups is 2. The summed E-state index contributed by atoms with van der Waals surface area (Å²) >= 11 is 1.62. The van der Waals surface area contributed by atoms with Crippen molar-refractivity contribution in [2.45, 2.75) is 130 Å². The minimum absolute atomic E-state index is 0.122. The van der Waals surface area contributed by atoms with E-state index >= 15 is 0 Å². The maximum absolute atomic E-state index is 12.4. The second-order valence-corrected chi connectivity index (χ2v) is 12.0. The zero-order valence-corrected chi connectivity index (χ0v) is 25.9. The number of esters is 2. The molecule has 0 saturated heterocycles. The van der Waals surface area contributed by atoms with Gasteiger partial charge in [0.25, 0.3) is 0 Å². The predicted octanol–water partition coefficient (Wildman–Crippen LogP) is 8.62. The first-order chi connectivity index (χ1) is 18.3. The van der Waals surface area contributed by atoms with Crippen LogP contribution in [0.4, 0.5) is 0 Å². The van der Waals surface area contributed by atoms with Gasteiger partial charge in [-0.1, -0.05) is 110 Å². The fourth-order valence-electron chi connectivity index (χ4n) is 3.90. The highest BCUT2D eigenvalue weighted by Crippen LogP contribution is 2.24. The van der Waals surface area contributed by atoms with Crippen molar-refractivity contribution >= 4 is 23.7 Å². The molecule has 7 heteroatoms. The second kappa shape index (κ2) is 26.2. The van der Waals surface area contributed by atoms with Gasteiger partial charge >= 0.3 is 11.9 Å². The largest absolute Gasteiger partial charge is 0.465 e. The Morgan fingerprint density at radius 1 is 0.658 bits per heavy atom. The van der Waals surface area contributed by atoms with Crippen LogP contribution in [-0.2, 0) is 28.8 Å². The highest BCUT2D eigenvalue weighted by molar-refractivity contribution is 7.99. The highest BCUT2D eigenvalue weighted by atomic mass is 32.2. The third-order valence-corrected chi connectivity index (χ3v) is 7.77. The Morgan fingerprint density at radius 3 is 1.63 bits per heavy atom. The minimum Gasteiger partial charge on any atom is -0.465 e. The number of carbonyl (C=O) groups excluding carboxylic acids is 2. The van der Waals surface area contributed by atoms with E-state index in [0.717, 1.165) is 12.8 Å². The molecule has 224 valence electrons. The standard InChI is InChI=1S/C31H58O6S/c1-6-7-8-9-10-11-12-13-14-15-16-17-18-19-20-21-22-35-30(33)31(4,5)27-38-26-25-37-36-24-23-34-29(32)28(2)3/h2,6-27H2,1,3-5H3. The van der Waals surface area contributed by atoms with Gasteiger partial charge in [0.1, 0.15) is 13.2 Å². The molecule has 0 unspecified atom stereocenters. The van der Waals surface area contributed by atoms with Crippen molar-refractivity contribution in [3.8, 4) is 0 Å². The smallest absolute Gasteiger partial charge is 0.333 e. The number of hydrogen-bond donors (Lipinski definition) is 0. The number of rotatable bonds is 28. The Labute approximate surface area is 238 Å². The molecule has 0 amide bonds. The summed E-state index contributed by atoms with van der Waals surface area (Å²) in [6.45, 7) is 12.4. The lowest BCUT2D eigenvalue weighted by molar-refractivity contribution is -0.294. The van der Waals surface area contributed by atoms with E-state index in [1.165, 1.54) is 89.9 Å². The number of hydrogen-bond acceptors (Lipinski definition) is 7. The second-order valence-electron chi connectivity index (χ2n) is 10.9. The van der Waals surface area contributed by atoms with Crippen LogP contribution in [0.5, 0.6) is 0 Å². The number of unbranched alkanes of at least 4 members (excludes halogenated alkanes) is 15. The molecule has 0 fully saturated rings. The predicted molar refractivity (Wildman–Crippen MR) is 159 cm³/mol. The molecule has 0 aromatic heterocycles. The molecule has 0 aliphatic carbocycles. The van der Waals surface area contributed by atoms with Crippen molar-refractivity contribution in [1.29, 1.82) is 0 Å². The summed E-state index contributed by atoms with van der Waals surface area (Å²) in [5, 5.41) is 0. The average Bonchev–Trinajstić information content (AvgIpc) is 2.89. The van der Waals surface area contributed by atoms with Crippen molar-refractivity contribution in [2.24, 2.45) is 5.41 Å². The van der Waals surface area contributed by atoms with Gasteiger partial charge in [0.15, 0.2) is 0 Å². The molecule has 0 N–H and O–H groups in total. The summed E-state index contributed by atoms with van der Waals surface area (Å²) in [6, 6.07) is 0. The minimum atomic E-state index is -0.530. The topological polar surface area (TPSA) is 71.1 Å². The Balaban J connectivity index is 3.46. The Morgan fingerprint density at radius 2 is 1.13 bits per heavy atom. The van der Waals surface area contributed by atoms with E-state index in [-0.39, 0.29) is 19.2 Å². The first kappa shape index (κ1) is 37.0. The van der Waals surface area contributed by atoms with Crippen molar-refractivity contribution in [1.82, 2.24) is 0 Å². The van der Waals surface area contributed by atoms with Crippen LogP contribution >= 0.6 is 11.8 Å². The lowest BCUT2D eigenvalue weighted by Crippen LogP contribution is -2.29. The van der Waals surface area contributed by atoms with Crippen molar-refractivity contribution in [2.75, 3.05) is 37.9 Å². The van der Waals surface area contributed by atoms with Crippen LogP contribution in [0.25, 0.3) is 0 Å². The lowest BCUT2D eigenvalue weighted by atomic mass is 9.97. The zero-order chi connectivity index (χ0) is 28.3. The Kier molecular flexibility index (Phi) is 25.5. The maximum atomic E-state index is 12.4. The summed E-state index contributed by atoms with van der Waals surface area (Å²) in [7, 11) is 0. The van der Waals surface area contributed by atoms with Gasteiger partial charge < -0.3 is 9.47 Å². The van der Waals surface area contributed by atoms with Crippen LogP contribution in [-0.4, -0.2) is 49.9 Å². The highest BCUT2D eigenvalue weighted by Gasteiger charge is 2.29. The third-order valence-electron chi connectivity index (χ3n) is 6.39. The normalized spacial score (nSPS) is 11.5. The summed E-state index contributed by atoms with van der Waals surface area (Å²) in [5.74, 6) is 0.779. The van der Waals surface area contributed by atoms with Gasteiger partial charge in [-0.25, -0.2) is 14.6 Å². The van der Waals surface area contributed by atoms with E-state index < -0.39 is 11.4 Å². The van der Waals surface area contributed by atoms with Crippen LogP contribution in [0.1, 0.15) is 130 Å². The van der Waals surface area contributed by atoms with Crippen molar-refractivity contribution < 1.29 is 28.8 Å². The molecule has 0 aromatic carbocycles. The SMILES string of the molecule is C=C(C)C(=O)OCCOOCCSCC(C)(C)C(=O)OCCCCCCCCCCCCCCCCCC. The molecule has 6 nitrogen and oxygen atoms in total. The molecule has 38 heavy (non-hydrogen) atoms. The molecule has 0 saturated carbocycles. The number of thioether (sulfide) groups is 1. The van der Waals surface area contributed by atoms with E-state index in [1.54, 1.807) is 18.7 Å². The van der Waals surface area contributed by atoms with Gasteiger partial charge in [0, 0.05) is 17.1 Å². The molecular weight excluding hydrogens is 500 g/mol. The molecule has 0 aromatic rings. The summed E-state index contributed by atoms with van der Waals surface area (Å²) in [5.41, 5.74) is -0.175. The summed E-state index contributed by atoms with van der Waals surface area (Å²) in [6.07, 6.45) is 21.3. The fourth-order valence-corrected chi connectivity index (χ4v) is 4.86. The van der Waals surface area contributed by atoms with E-state index in [1.807, 2.05) is 13.8 Å². The quantitative estimate of drug-likeness (QED) is 0.0313. The van der Waals surface area contributed by atoms with Crippen LogP contribution in [0, 0.1) is 5.41 Å². The lowest BCUT2D eigenvalue weighted by Gasteiger charge is -2.22. The van der Waals surface area contributed by atoms with E-state index in [9.17, 15) is 9.59 Å². The average molecular weight is 559 g/mol. The molecule has 0 aliphatic rings. The monoisotopic (exact) mass is 558 g/mol. The van der Waals surface area contributed by atoms with Crippen LogP contribution in [0.15, 0.2) is 12.2 Å². The fraction of sp³-hybridized carbons (Fsp3) is 0.871. The van der Waals surface area contributed by atoms with E-state index in [4.69, 9.17) is 19.2 Å². The molecule has 0 atom stereocenters. The van der Waals surface area contributed by atoms with Gasteiger partial charge in [-0.3, -0.25) is 4.79 Å². The first-order valence-corrected chi connectivity index (χ1v) is 16.3. The number of ether oxygens (including phenoxy) is 2. The third kappa shape index (κ3) is 24.0. The maximum Gasteiger partial charge on any atom is 0.333 e. The molecule has 0 spiro atoms. The van der Waals surface area contributed by atoms with Crippen LogP contribution < -0.4 is 0 Å². The van der Waals surface area contributed by atoms with Crippen molar-refractivity contribution in [3.63, 3.8) is 0 Å². The zero-order valence-electron chi connectivity index (χ0n) is 25.1. The summed E-state index contributed by atoms with van der Waals surface area (Å²) in [4.78, 5) is 33.7. The van der Waals surface area contributed by atoms with Gasteiger partial charge in [0.2, 0.25) is 0 Å². The van der Waals surface area contributed by atoms with E-state index in [0.29, 0.717) is 30.3 Å².